The van der Waals surface area contributed by atoms with E-state index >= 15 is 0 Å². The van der Waals surface area contributed by atoms with Crippen LogP contribution in [0.3, 0.4) is 0 Å². The average Bonchev–Trinajstić information content (AvgIpc) is 2.39. The molecule has 2 aliphatic carbocycles. The van der Waals surface area contributed by atoms with E-state index in [1.807, 2.05) is 0 Å². The zero-order chi connectivity index (χ0) is 12.5. The summed E-state index contributed by atoms with van der Waals surface area (Å²) in [7, 11) is 2.11. The maximum atomic E-state index is 5.54. The predicted octanol–water partition coefficient (Wildman–Crippen LogP) is 3.28. The standard InChI is InChI=1S/C16H27NO/c1-17-13-16(14-5-3-2-4-6-14)11-15(12-16)7-9-18-10-8-15/h5,17H,2-4,6-13H2,1H3. The van der Waals surface area contributed by atoms with Crippen LogP contribution in [0, 0.1) is 10.8 Å². The van der Waals surface area contributed by atoms with Crippen molar-refractivity contribution in [2.75, 3.05) is 26.8 Å². The molecule has 1 spiro atoms. The van der Waals surface area contributed by atoms with Gasteiger partial charge in [0.25, 0.3) is 0 Å². The summed E-state index contributed by atoms with van der Waals surface area (Å²) in [4.78, 5) is 0. The van der Waals surface area contributed by atoms with Gasteiger partial charge in [-0.05, 0) is 63.8 Å². The van der Waals surface area contributed by atoms with Crippen molar-refractivity contribution in [1.29, 1.82) is 0 Å². The molecule has 102 valence electrons. The second kappa shape index (κ2) is 4.97. The third-order valence-electron chi connectivity index (χ3n) is 5.47. The molecule has 1 aliphatic heterocycles. The van der Waals surface area contributed by atoms with Crippen LogP contribution in [-0.4, -0.2) is 26.8 Å². The topological polar surface area (TPSA) is 21.3 Å². The zero-order valence-corrected chi connectivity index (χ0v) is 11.8. The summed E-state index contributed by atoms with van der Waals surface area (Å²) in [6, 6.07) is 0. The molecule has 0 radical (unpaired) electrons. The largest absolute Gasteiger partial charge is 0.381 e. The highest BCUT2D eigenvalue weighted by molar-refractivity contribution is 5.25. The van der Waals surface area contributed by atoms with Crippen molar-refractivity contribution in [2.24, 2.45) is 10.8 Å². The Morgan fingerprint density at radius 3 is 2.61 bits per heavy atom. The van der Waals surface area contributed by atoms with Crippen LogP contribution >= 0.6 is 0 Å². The first-order chi connectivity index (χ1) is 8.79. The minimum absolute atomic E-state index is 0.506. The van der Waals surface area contributed by atoms with E-state index in [1.54, 1.807) is 5.57 Å². The van der Waals surface area contributed by atoms with Gasteiger partial charge in [0.15, 0.2) is 0 Å². The van der Waals surface area contributed by atoms with Gasteiger partial charge in [-0.15, -0.1) is 0 Å². The third kappa shape index (κ3) is 2.14. The molecule has 0 atom stereocenters. The minimum Gasteiger partial charge on any atom is -0.381 e. The highest BCUT2D eigenvalue weighted by Crippen LogP contribution is 2.63. The van der Waals surface area contributed by atoms with Crippen molar-refractivity contribution < 1.29 is 4.74 Å². The van der Waals surface area contributed by atoms with Crippen LogP contribution in [0.25, 0.3) is 0 Å². The lowest BCUT2D eigenvalue weighted by Gasteiger charge is -2.59. The molecule has 3 aliphatic rings. The molecule has 1 heterocycles. The quantitative estimate of drug-likeness (QED) is 0.775. The van der Waals surface area contributed by atoms with E-state index < -0.39 is 0 Å². The maximum absolute atomic E-state index is 5.54. The Balaban J connectivity index is 1.72. The molecule has 0 amide bonds. The lowest BCUT2D eigenvalue weighted by molar-refractivity contribution is -0.0925. The predicted molar refractivity (Wildman–Crippen MR) is 74.6 cm³/mol. The molecule has 2 heteroatoms. The molecular weight excluding hydrogens is 222 g/mol. The van der Waals surface area contributed by atoms with E-state index in [4.69, 9.17) is 4.74 Å². The molecule has 0 bridgehead atoms. The number of rotatable bonds is 3. The van der Waals surface area contributed by atoms with Gasteiger partial charge in [-0.25, -0.2) is 0 Å². The molecule has 0 unspecified atom stereocenters. The van der Waals surface area contributed by atoms with Crippen LogP contribution in [0.4, 0.5) is 0 Å². The summed E-state index contributed by atoms with van der Waals surface area (Å²) in [5, 5.41) is 3.46. The Morgan fingerprint density at radius 1 is 1.22 bits per heavy atom. The maximum Gasteiger partial charge on any atom is 0.0471 e. The number of nitrogens with one attached hydrogen (secondary N) is 1. The highest BCUT2D eigenvalue weighted by Gasteiger charge is 2.55. The first kappa shape index (κ1) is 12.7. The van der Waals surface area contributed by atoms with Crippen LogP contribution in [-0.2, 0) is 4.74 Å². The van der Waals surface area contributed by atoms with E-state index in [1.165, 1.54) is 57.9 Å². The SMILES string of the molecule is CNCC1(C2=CCCCC2)CC2(CCOCC2)C1. The lowest BCUT2D eigenvalue weighted by Crippen LogP contribution is -2.54. The molecule has 1 saturated carbocycles. The second-order valence-electron chi connectivity index (χ2n) is 6.75. The summed E-state index contributed by atoms with van der Waals surface area (Å²) in [6.07, 6.45) is 13.5. The van der Waals surface area contributed by atoms with Crippen LogP contribution in [0.1, 0.15) is 51.4 Å². The first-order valence-electron chi connectivity index (χ1n) is 7.71. The van der Waals surface area contributed by atoms with Crippen molar-refractivity contribution in [3.05, 3.63) is 11.6 Å². The molecule has 0 aromatic carbocycles. The Hall–Kier alpha value is -0.340. The van der Waals surface area contributed by atoms with Crippen molar-refractivity contribution >= 4 is 0 Å². The van der Waals surface area contributed by atoms with E-state index in [2.05, 4.69) is 18.4 Å². The monoisotopic (exact) mass is 249 g/mol. The fourth-order valence-corrected chi connectivity index (χ4v) is 4.67. The zero-order valence-electron chi connectivity index (χ0n) is 11.8. The van der Waals surface area contributed by atoms with Crippen molar-refractivity contribution in [1.82, 2.24) is 5.32 Å². The van der Waals surface area contributed by atoms with Crippen molar-refractivity contribution in [3.63, 3.8) is 0 Å². The van der Waals surface area contributed by atoms with Crippen LogP contribution in [0.15, 0.2) is 11.6 Å². The normalized spacial score (nSPS) is 29.7. The van der Waals surface area contributed by atoms with Crippen LogP contribution < -0.4 is 5.32 Å². The Bertz CT molecular complexity index is 320. The Morgan fingerprint density at radius 2 is 2.00 bits per heavy atom. The van der Waals surface area contributed by atoms with E-state index in [-0.39, 0.29) is 0 Å². The van der Waals surface area contributed by atoms with Gasteiger partial charge in [-0.3, -0.25) is 0 Å². The van der Waals surface area contributed by atoms with Gasteiger partial charge in [0.1, 0.15) is 0 Å². The van der Waals surface area contributed by atoms with Gasteiger partial charge in [-0.1, -0.05) is 11.6 Å². The smallest absolute Gasteiger partial charge is 0.0471 e. The number of hydrogen-bond acceptors (Lipinski definition) is 2. The summed E-state index contributed by atoms with van der Waals surface area (Å²) in [6.45, 7) is 3.17. The minimum atomic E-state index is 0.506. The van der Waals surface area contributed by atoms with Crippen molar-refractivity contribution in [3.8, 4) is 0 Å². The van der Waals surface area contributed by atoms with Crippen molar-refractivity contribution in [2.45, 2.75) is 51.4 Å². The molecule has 18 heavy (non-hydrogen) atoms. The average molecular weight is 249 g/mol. The molecule has 2 fully saturated rings. The van der Waals surface area contributed by atoms with Gasteiger partial charge in [0.2, 0.25) is 0 Å². The highest BCUT2D eigenvalue weighted by atomic mass is 16.5. The second-order valence-corrected chi connectivity index (χ2v) is 6.75. The summed E-state index contributed by atoms with van der Waals surface area (Å²) >= 11 is 0. The van der Waals surface area contributed by atoms with E-state index in [0.29, 0.717) is 10.8 Å². The first-order valence-corrected chi connectivity index (χ1v) is 7.71. The van der Waals surface area contributed by atoms with E-state index in [9.17, 15) is 0 Å². The van der Waals surface area contributed by atoms with Gasteiger partial charge in [-0.2, -0.15) is 0 Å². The summed E-state index contributed by atoms with van der Waals surface area (Å²) < 4.78 is 5.54. The van der Waals surface area contributed by atoms with Gasteiger partial charge >= 0.3 is 0 Å². The third-order valence-corrected chi connectivity index (χ3v) is 5.47. The molecule has 0 aromatic rings. The molecule has 2 nitrogen and oxygen atoms in total. The summed E-state index contributed by atoms with van der Waals surface area (Å²) in [5.41, 5.74) is 2.92. The fraction of sp³-hybridized carbons (Fsp3) is 0.875. The molecule has 1 saturated heterocycles. The van der Waals surface area contributed by atoms with Gasteiger partial charge in [0, 0.05) is 25.2 Å². The lowest BCUT2D eigenvalue weighted by atomic mass is 9.47. The molecule has 0 aromatic heterocycles. The van der Waals surface area contributed by atoms with Gasteiger partial charge in [0.05, 0.1) is 0 Å². The number of allylic oxidation sites excluding steroid dienone is 1. The van der Waals surface area contributed by atoms with E-state index in [0.717, 1.165) is 13.2 Å². The Kier molecular flexibility index (Phi) is 3.50. The Labute approximate surface area is 111 Å². The number of hydrogen-bond donors (Lipinski definition) is 1. The molecular formula is C16H27NO. The fourth-order valence-electron chi connectivity index (χ4n) is 4.67. The summed E-state index contributed by atoms with van der Waals surface area (Å²) in [5.74, 6) is 0. The number of ether oxygens (including phenoxy) is 1. The molecule has 3 rings (SSSR count). The van der Waals surface area contributed by atoms with Crippen LogP contribution in [0.2, 0.25) is 0 Å². The van der Waals surface area contributed by atoms with Gasteiger partial charge < -0.3 is 10.1 Å². The van der Waals surface area contributed by atoms with Crippen LogP contribution in [0.5, 0.6) is 0 Å². The molecule has 1 N–H and O–H groups in total.